The molecule has 0 saturated carbocycles. The van der Waals surface area contributed by atoms with Gasteiger partial charge in [-0.05, 0) is 30.3 Å². The fourth-order valence-electron chi connectivity index (χ4n) is 1.76. The van der Waals surface area contributed by atoms with Gasteiger partial charge in [-0.15, -0.1) is 0 Å². The summed E-state index contributed by atoms with van der Waals surface area (Å²) in [5.74, 6) is -2.72. The molecule has 2 rings (SSSR count). The lowest BCUT2D eigenvalue weighted by atomic mass is 10.2. The van der Waals surface area contributed by atoms with E-state index in [1.165, 1.54) is 5.48 Å². The molecule has 0 saturated heterocycles. The van der Waals surface area contributed by atoms with Gasteiger partial charge < -0.3 is 5.11 Å². The first-order valence-corrected chi connectivity index (χ1v) is 8.34. The topological polar surface area (TPSA) is 116 Å². The second kappa shape index (κ2) is 6.81. The highest BCUT2D eigenvalue weighted by Gasteiger charge is 2.23. The van der Waals surface area contributed by atoms with Crippen LogP contribution in [0.2, 0.25) is 10.0 Å². The van der Waals surface area contributed by atoms with Gasteiger partial charge in [0.25, 0.3) is 15.9 Å². The number of phenolic OH excluding ortho intramolecular Hbond substituents is 1. The third kappa shape index (κ3) is 3.70. The molecule has 0 heterocycles. The minimum absolute atomic E-state index is 0.0629. The highest BCUT2D eigenvalue weighted by molar-refractivity contribution is 7.92. The largest absolute Gasteiger partial charge is 0.505 e. The van der Waals surface area contributed by atoms with Crippen LogP contribution in [0.25, 0.3) is 0 Å². The van der Waals surface area contributed by atoms with Crippen molar-refractivity contribution in [3.05, 3.63) is 51.8 Å². The number of anilines is 1. The monoisotopic (exact) mass is 394 g/mol. The van der Waals surface area contributed by atoms with Crippen molar-refractivity contribution in [3.63, 3.8) is 0 Å². The quantitative estimate of drug-likeness (QED) is 0.469. The van der Waals surface area contributed by atoms with Crippen LogP contribution >= 0.6 is 23.2 Å². The zero-order chi connectivity index (χ0) is 18.1. The summed E-state index contributed by atoms with van der Waals surface area (Å²) in [6.07, 6.45) is 0. The van der Waals surface area contributed by atoms with Crippen molar-refractivity contribution in [2.75, 3.05) is 4.72 Å². The zero-order valence-electron chi connectivity index (χ0n) is 11.5. The molecular formula is C13H9Cl2FN2O5S. The Kier molecular flexibility index (Phi) is 5.19. The van der Waals surface area contributed by atoms with Gasteiger partial charge >= 0.3 is 0 Å². The zero-order valence-corrected chi connectivity index (χ0v) is 13.9. The summed E-state index contributed by atoms with van der Waals surface area (Å²) in [5, 5.41) is 18.0. The molecule has 0 aromatic heterocycles. The van der Waals surface area contributed by atoms with Gasteiger partial charge in [-0.25, -0.2) is 18.3 Å². The van der Waals surface area contributed by atoms with E-state index >= 15 is 0 Å². The van der Waals surface area contributed by atoms with E-state index in [4.69, 9.17) is 28.4 Å². The molecule has 2 aromatic rings. The Bertz CT molecular complexity index is 921. The van der Waals surface area contributed by atoms with Gasteiger partial charge in [0.05, 0.1) is 10.7 Å². The van der Waals surface area contributed by atoms with Crippen LogP contribution in [0.3, 0.4) is 0 Å². The average molecular weight is 395 g/mol. The molecular weight excluding hydrogens is 386 g/mol. The Hall–Kier alpha value is -2.07. The Morgan fingerprint density at radius 2 is 1.83 bits per heavy atom. The number of hydrogen-bond donors (Lipinski definition) is 4. The fourth-order valence-corrected chi connectivity index (χ4v) is 3.57. The predicted molar refractivity (Wildman–Crippen MR) is 84.6 cm³/mol. The summed E-state index contributed by atoms with van der Waals surface area (Å²) >= 11 is 11.4. The number of sulfonamides is 1. The van der Waals surface area contributed by atoms with E-state index in [0.717, 1.165) is 30.3 Å². The van der Waals surface area contributed by atoms with E-state index in [2.05, 4.69) is 0 Å². The van der Waals surface area contributed by atoms with Gasteiger partial charge in [-0.3, -0.25) is 14.7 Å². The molecule has 7 nitrogen and oxygen atoms in total. The van der Waals surface area contributed by atoms with Crippen LogP contribution in [0.15, 0.2) is 35.2 Å². The first kappa shape index (κ1) is 18.3. The standard InChI is InChI=1S/C13H9Cl2FN2O5S/c14-7-4-8(15)12(19)11(5-7)24(22,23)18-10-3-6(13(20)17-21)1-2-9(10)16/h1-5,18-19,21H,(H,17,20). The highest BCUT2D eigenvalue weighted by atomic mass is 35.5. The normalized spacial score (nSPS) is 11.2. The Morgan fingerprint density at radius 1 is 1.17 bits per heavy atom. The van der Waals surface area contributed by atoms with Crippen LogP contribution in [-0.2, 0) is 10.0 Å². The number of halogens is 3. The molecule has 4 N–H and O–H groups in total. The van der Waals surface area contributed by atoms with Crippen molar-refractivity contribution in [1.29, 1.82) is 0 Å². The number of rotatable bonds is 4. The molecule has 24 heavy (non-hydrogen) atoms. The van der Waals surface area contributed by atoms with Crippen LogP contribution in [0.4, 0.5) is 10.1 Å². The van der Waals surface area contributed by atoms with E-state index in [9.17, 15) is 22.7 Å². The Balaban J connectivity index is 2.49. The van der Waals surface area contributed by atoms with Crippen LogP contribution in [0.5, 0.6) is 5.75 Å². The summed E-state index contributed by atoms with van der Waals surface area (Å²) in [4.78, 5) is 10.7. The van der Waals surface area contributed by atoms with E-state index in [1.807, 2.05) is 4.72 Å². The Labute approximate surface area is 145 Å². The molecule has 0 aliphatic carbocycles. The van der Waals surface area contributed by atoms with Gasteiger partial charge in [-0.1, -0.05) is 23.2 Å². The fraction of sp³-hybridized carbons (Fsp3) is 0. The van der Waals surface area contributed by atoms with Crippen molar-refractivity contribution in [1.82, 2.24) is 5.48 Å². The minimum Gasteiger partial charge on any atom is -0.505 e. The molecule has 0 atom stereocenters. The van der Waals surface area contributed by atoms with Gasteiger partial charge in [0.1, 0.15) is 10.7 Å². The molecule has 0 fully saturated rings. The lowest BCUT2D eigenvalue weighted by Gasteiger charge is -2.12. The molecule has 0 aliphatic heterocycles. The number of hydroxylamine groups is 1. The van der Waals surface area contributed by atoms with E-state index in [-0.39, 0.29) is 15.6 Å². The molecule has 2 aromatic carbocycles. The molecule has 0 spiro atoms. The molecule has 0 unspecified atom stereocenters. The van der Waals surface area contributed by atoms with Gasteiger partial charge in [0, 0.05) is 10.6 Å². The summed E-state index contributed by atoms with van der Waals surface area (Å²) in [5.41, 5.74) is 0.552. The molecule has 0 aliphatic rings. The van der Waals surface area contributed by atoms with Crippen molar-refractivity contribution in [2.24, 2.45) is 0 Å². The summed E-state index contributed by atoms with van der Waals surface area (Å²) in [6, 6.07) is 4.78. The van der Waals surface area contributed by atoms with Crippen molar-refractivity contribution < 1.29 is 27.9 Å². The summed E-state index contributed by atoms with van der Waals surface area (Å²) in [7, 11) is -4.46. The van der Waals surface area contributed by atoms with Crippen LogP contribution < -0.4 is 10.2 Å². The summed E-state index contributed by atoms with van der Waals surface area (Å²) in [6.45, 7) is 0. The van der Waals surface area contributed by atoms with E-state index in [1.54, 1.807) is 0 Å². The second-order valence-corrected chi connectivity index (χ2v) is 6.97. The second-order valence-electron chi connectivity index (χ2n) is 4.48. The van der Waals surface area contributed by atoms with Gasteiger partial charge in [0.15, 0.2) is 5.75 Å². The molecule has 1 amide bonds. The Morgan fingerprint density at radius 3 is 2.46 bits per heavy atom. The van der Waals surface area contributed by atoms with Crippen molar-refractivity contribution in [2.45, 2.75) is 4.90 Å². The number of benzene rings is 2. The number of carbonyl (C=O) groups excluding carboxylic acids is 1. The number of amides is 1. The lowest BCUT2D eigenvalue weighted by molar-refractivity contribution is 0.0706. The SMILES string of the molecule is O=C(NO)c1ccc(F)c(NS(=O)(=O)c2cc(Cl)cc(Cl)c2O)c1. The lowest BCUT2D eigenvalue weighted by Crippen LogP contribution is -2.20. The van der Waals surface area contributed by atoms with Crippen LogP contribution in [0.1, 0.15) is 10.4 Å². The smallest absolute Gasteiger partial charge is 0.274 e. The maximum absolute atomic E-state index is 13.8. The van der Waals surface area contributed by atoms with E-state index < -0.39 is 38.1 Å². The van der Waals surface area contributed by atoms with Crippen LogP contribution in [-0.4, -0.2) is 24.6 Å². The molecule has 11 heteroatoms. The maximum Gasteiger partial charge on any atom is 0.274 e. The summed E-state index contributed by atoms with van der Waals surface area (Å²) < 4.78 is 40.3. The average Bonchev–Trinajstić information content (AvgIpc) is 2.51. The molecule has 0 bridgehead atoms. The third-order valence-corrected chi connectivity index (χ3v) is 4.74. The van der Waals surface area contributed by atoms with Crippen molar-refractivity contribution >= 4 is 44.8 Å². The number of carbonyl (C=O) groups is 1. The van der Waals surface area contributed by atoms with Crippen molar-refractivity contribution in [3.8, 4) is 5.75 Å². The molecule has 0 radical (unpaired) electrons. The number of phenols is 1. The highest BCUT2D eigenvalue weighted by Crippen LogP contribution is 2.35. The number of aromatic hydroxyl groups is 1. The molecule has 128 valence electrons. The first-order chi connectivity index (χ1) is 11.2. The van der Waals surface area contributed by atoms with Crippen LogP contribution in [0, 0.1) is 5.82 Å². The minimum atomic E-state index is -4.46. The van der Waals surface area contributed by atoms with Gasteiger partial charge in [0.2, 0.25) is 0 Å². The maximum atomic E-state index is 13.8. The van der Waals surface area contributed by atoms with E-state index in [0.29, 0.717) is 0 Å². The predicted octanol–water partition coefficient (Wildman–Crippen LogP) is 2.76. The van der Waals surface area contributed by atoms with Gasteiger partial charge in [-0.2, -0.15) is 0 Å². The number of hydrogen-bond acceptors (Lipinski definition) is 5. The number of nitrogens with one attached hydrogen (secondary N) is 2. The first-order valence-electron chi connectivity index (χ1n) is 6.10. The third-order valence-electron chi connectivity index (χ3n) is 2.86.